The quantitative estimate of drug-likeness (QED) is 0.894. The summed E-state index contributed by atoms with van der Waals surface area (Å²) in [6.45, 7) is 6.69. The third-order valence-corrected chi connectivity index (χ3v) is 4.22. The zero-order valence-electron chi connectivity index (χ0n) is 13.8. The second-order valence-corrected chi connectivity index (χ2v) is 6.12. The number of rotatable bonds is 4. The number of aryl methyl sites for hydroxylation is 2. The summed E-state index contributed by atoms with van der Waals surface area (Å²) in [5.74, 6) is 0.0710. The monoisotopic (exact) mass is 325 g/mol. The summed E-state index contributed by atoms with van der Waals surface area (Å²) in [6.07, 6.45) is 3.47. The summed E-state index contributed by atoms with van der Waals surface area (Å²) in [5.41, 5.74) is 3.25. The van der Waals surface area contributed by atoms with Crippen molar-refractivity contribution in [3.8, 4) is 0 Å². The van der Waals surface area contributed by atoms with Crippen molar-refractivity contribution in [3.63, 3.8) is 0 Å². The molecule has 2 N–H and O–H groups in total. The highest BCUT2D eigenvalue weighted by molar-refractivity contribution is 5.93. The van der Waals surface area contributed by atoms with Crippen LogP contribution in [0.1, 0.15) is 30.4 Å². The predicted molar refractivity (Wildman–Crippen MR) is 94.9 cm³/mol. The van der Waals surface area contributed by atoms with E-state index in [9.17, 15) is 4.79 Å². The van der Waals surface area contributed by atoms with E-state index >= 15 is 0 Å². The molecule has 0 radical (unpaired) electrons. The molecule has 0 saturated carbocycles. The van der Waals surface area contributed by atoms with Crippen LogP contribution >= 0.6 is 12.4 Å². The molecule has 5 heteroatoms. The van der Waals surface area contributed by atoms with E-state index in [-0.39, 0.29) is 18.3 Å². The third kappa shape index (κ3) is 5.59. The average molecular weight is 326 g/mol. The fourth-order valence-electron chi connectivity index (χ4n) is 2.94. The first-order valence-electron chi connectivity index (χ1n) is 7.84. The van der Waals surface area contributed by atoms with Gasteiger partial charge in [-0.25, -0.2) is 0 Å². The summed E-state index contributed by atoms with van der Waals surface area (Å²) in [4.78, 5) is 14.4. The van der Waals surface area contributed by atoms with Gasteiger partial charge in [-0.05, 0) is 64.9 Å². The molecular weight excluding hydrogens is 298 g/mol. The summed E-state index contributed by atoms with van der Waals surface area (Å²) in [6, 6.07) is 6.61. The lowest BCUT2D eigenvalue weighted by Gasteiger charge is -2.26. The van der Waals surface area contributed by atoms with Crippen LogP contribution in [-0.2, 0) is 4.79 Å². The smallest absolute Gasteiger partial charge is 0.238 e. The number of carbonyl (C=O) groups is 1. The number of hydrogen-bond acceptors (Lipinski definition) is 3. The molecule has 1 aromatic carbocycles. The Morgan fingerprint density at radius 3 is 2.82 bits per heavy atom. The van der Waals surface area contributed by atoms with Crippen LogP contribution in [-0.4, -0.2) is 43.5 Å². The van der Waals surface area contributed by atoms with Crippen molar-refractivity contribution in [2.24, 2.45) is 0 Å². The SMILES string of the molecule is Cc1ccc(NC(=O)CN(C)C2CCCNCC2)c(C)c1.Cl. The molecule has 1 atom stereocenters. The van der Waals surface area contributed by atoms with E-state index in [2.05, 4.69) is 35.6 Å². The van der Waals surface area contributed by atoms with Gasteiger partial charge in [-0.2, -0.15) is 0 Å². The van der Waals surface area contributed by atoms with Crippen LogP contribution in [0.25, 0.3) is 0 Å². The molecule has 1 fully saturated rings. The van der Waals surface area contributed by atoms with Gasteiger partial charge in [0.25, 0.3) is 0 Å². The van der Waals surface area contributed by atoms with Gasteiger partial charge in [0.05, 0.1) is 6.54 Å². The highest BCUT2D eigenvalue weighted by Crippen LogP contribution is 2.16. The lowest BCUT2D eigenvalue weighted by Crippen LogP contribution is -2.38. The second kappa shape index (κ2) is 9.13. The number of hydrogen-bond donors (Lipinski definition) is 2. The Labute approximate surface area is 140 Å². The van der Waals surface area contributed by atoms with Crippen LogP contribution in [0.4, 0.5) is 5.69 Å². The van der Waals surface area contributed by atoms with Crippen molar-refractivity contribution in [1.82, 2.24) is 10.2 Å². The topological polar surface area (TPSA) is 44.4 Å². The highest BCUT2D eigenvalue weighted by atomic mass is 35.5. The Kier molecular flexibility index (Phi) is 7.87. The van der Waals surface area contributed by atoms with Gasteiger partial charge in [-0.3, -0.25) is 9.69 Å². The minimum absolute atomic E-state index is 0. The molecule has 0 aliphatic carbocycles. The maximum atomic E-state index is 12.2. The third-order valence-electron chi connectivity index (χ3n) is 4.22. The molecule has 1 aliphatic rings. The summed E-state index contributed by atoms with van der Waals surface area (Å²) >= 11 is 0. The van der Waals surface area contributed by atoms with Crippen molar-refractivity contribution in [3.05, 3.63) is 29.3 Å². The Morgan fingerprint density at radius 2 is 2.09 bits per heavy atom. The average Bonchev–Trinajstić information content (AvgIpc) is 2.71. The van der Waals surface area contributed by atoms with Crippen LogP contribution in [0.3, 0.4) is 0 Å². The molecule has 2 rings (SSSR count). The van der Waals surface area contributed by atoms with Crippen molar-refractivity contribution in [2.75, 3.05) is 32.0 Å². The van der Waals surface area contributed by atoms with Crippen LogP contribution in [0.15, 0.2) is 18.2 Å². The first-order chi connectivity index (χ1) is 10.1. The molecule has 1 unspecified atom stereocenters. The molecular formula is C17H28ClN3O. The number of benzene rings is 1. The molecule has 0 spiro atoms. The fourth-order valence-corrected chi connectivity index (χ4v) is 2.94. The largest absolute Gasteiger partial charge is 0.325 e. The number of likely N-dealkylation sites (N-methyl/N-ethyl adjacent to an activating group) is 1. The Bertz CT molecular complexity index is 485. The van der Waals surface area contributed by atoms with Gasteiger partial charge in [-0.1, -0.05) is 17.7 Å². The molecule has 1 saturated heterocycles. The minimum atomic E-state index is 0. The van der Waals surface area contributed by atoms with E-state index in [1.807, 2.05) is 19.1 Å². The molecule has 0 aromatic heterocycles. The van der Waals surface area contributed by atoms with Crippen LogP contribution in [0.2, 0.25) is 0 Å². The summed E-state index contributed by atoms with van der Waals surface area (Å²) < 4.78 is 0. The number of amides is 1. The van der Waals surface area contributed by atoms with Crippen LogP contribution in [0, 0.1) is 13.8 Å². The van der Waals surface area contributed by atoms with Gasteiger partial charge in [-0.15, -0.1) is 12.4 Å². The van der Waals surface area contributed by atoms with Gasteiger partial charge in [0.2, 0.25) is 5.91 Å². The van der Waals surface area contributed by atoms with Gasteiger partial charge in [0, 0.05) is 11.7 Å². The second-order valence-electron chi connectivity index (χ2n) is 6.12. The Morgan fingerprint density at radius 1 is 1.32 bits per heavy atom. The first kappa shape index (κ1) is 18.9. The molecule has 1 heterocycles. The molecule has 1 amide bonds. The summed E-state index contributed by atoms with van der Waals surface area (Å²) in [7, 11) is 2.05. The molecule has 0 bridgehead atoms. The number of carbonyl (C=O) groups excluding carboxylic acids is 1. The van der Waals surface area contributed by atoms with Crippen molar-refractivity contribution in [2.45, 2.75) is 39.2 Å². The van der Waals surface area contributed by atoms with E-state index < -0.39 is 0 Å². The molecule has 124 valence electrons. The standard InChI is InChI=1S/C17H27N3O.ClH/c1-13-6-7-16(14(2)11-13)19-17(21)12-20(3)15-5-4-9-18-10-8-15;/h6-7,11,15,18H,4-5,8-10,12H2,1-3H3,(H,19,21);1H. The van der Waals surface area contributed by atoms with Crippen molar-refractivity contribution >= 4 is 24.0 Å². The normalized spacial score (nSPS) is 18.5. The van der Waals surface area contributed by atoms with Gasteiger partial charge >= 0.3 is 0 Å². The Balaban J connectivity index is 0.00000242. The maximum Gasteiger partial charge on any atom is 0.238 e. The van der Waals surface area contributed by atoms with Crippen LogP contribution < -0.4 is 10.6 Å². The van der Waals surface area contributed by atoms with Gasteiger partial charge in [0.15, 0.2) is 0 Å². The number of nitrogens with zero attached hydrogens (tertiary/aromatic N) is 1. The van der Waals surface area contributed by atoms with Crippen LogP contribution in [0.5, 0.6) is 0 Å². The zero-order chi connectivity index (χ0) is 15.2. The number of anilines is 1. The molecule has 1 aliphatic heterocycles. The summed E-state index contributed by atoms with van der Waals surface area (Å²) in [5, 5.41) is 6.44. The first-order valence-corrected chi connectivity index (χ1v) is 7.84. The van der Waals surface area contributed by atoms with E-state index in [0.29, 0.717) is 12.6 Å². The van der Waals surface area contributed by atoms with Gasteiger partial charge < -0.3 is 10.6 Å². The lowest BCUT2D eigenvalue weighted by atomic mass is 10.1. The number of halogens is 1. The van der Waals surface area contributed by atoms with Crippen molar-refractivity contribution < 1.29 is 4.79 Å². The minimum Gasteiger partial charge on any atom is -0.325 e. The number of nitrogens with one attached hydrogen (secondary N) is 2. The molecule has 1 aromatic rings. The zero-order valence-corrected chi connectivity index (χ0v) is 14.6. The van der Waals surface area contributed by atoms with E-state index in [1.165, 1.54) is 18.4 Å². The van der Waals surface area contributed by atoms with Gasteiger partial charge in [0.1, 0.15) is 0 Å². The van der Waals surface area contributed by atoms with E-state index in [1.54, 1.807) is 0 Å². The van der Waals surface area contributed by atoms with Crippen molar-refractivity contribution in [1.29, 1.82) is 0 Å². The fraction of sp³-hybridized carbons (Fsp3) is 0.588. The van der Waals surface area contributed by atoms with E-state index in [4.69, 9.17) is 0 Å². The highest BCUT2D eigenvalue weighted by Gasteiger charge is 2.18. The predicted octanol–water partition coefficient (Wildman–Crippen LogP) is 2.74. The molecule has 4 nitrogen and oxygen atoms in total. The molecule has 22 heavy (non-hydrogen) atoms. The van der Waals surface area contributed by atoms with E-state index in [0.717, 1.165) is 30.8 Å². The lowest BCUT2D eigenvalue weighted by molar-refractivity contribution is -0.117. The maximum absolute atomic E-state index is 12.2. The Hall–Kier alpha value is -1.10.